The number of halogens is 7. The molecule has 0 spiro atoms. The van der Waals surface area contributed by atoms with Gasteiger partial charge in [0.25, 0.3) is 0 Å². The summed E-state index contributed by atoms with van der Waals surface area (Å²) in [5.74, 6) is 0. The third-order valence-corrected chi connectivity index (χ3v) is 2.72. The van der Waals surface area contributed by atoms with Crippen molar-refractivity contribution in [2.24, 2.45) is 0 Å². The molecule has 0 saturated carbocycles. The number of hydrogen-bond donors (Lipinski definition) is 0. The van der Waals surface area contributed by atoms with Crippen LogP contribution < -0.4 is 0 Å². The molecule has 0 bridgehead atoms. The van der Waals surface area contributed by atoms with Crippen molar-refractivity contribution in [2.75, 3.05) is 0 Å². The molecule has 1 rings (SSSR count). The Balaban J connectivity index is 3.56. The zero-order valence-corrected chi connectivity index (χ0v) is 10.1. The van der Waals surface area contributed by atoms with Crippen LogP contribution in [0.1, 0.15) is 23.6 Å². The van der Waals surface area contributed by atoms with E-state index < -0.39 is 23.6 Å². The molecule has 0 atom stereocenters. The summed E-state index contributed by atoms with van der Waals surface area (Å²) in [6.07, 6.45) is -11.9. The van der Waals surface area contributed by atoms with Gasteiger partial charge >= 0.3 is 18.0 Å². The SMILES string of the molecule is CCc1cc(C)cc(C(F)(C(F)(F)F)C(F)(F)F)c1. The Bertz CT molecular complexity index is 442. The molecular formula is C12H11F7. The molecule has 0 aliphatic rings. The first-order chi connectivity index (χ1) is 8.43. The summed E-state index contributed by atoms with van der Waals surface area (Å²) >= 11 is 0. The second kappa shape index (κ2) is 4.68. The summed E-state index contributed by atoms with van der Waals surface area (Å²) in [6.45, 7) is 2.87. The normalized spacial score (nSPS) is 13.7. The predicted molar refractivity (Wildman–Crippen MR) is 55.5 cm³/mol. The van der Waals surface area contributed by atoms with Gasteiger partial charge < -0.3 is 0 Å². The zero-order chi connectivity index (χ0) is 15.1. The summed E-state index contributed by atoms with van der Waals surface area (Å²) in [5.41, 5.74) is -6.42. The molecule has 0 fully saturated rings. The van der Waals surface area contributed by atoms with E-state index in [9.17, 15) is 30.7 Å². The van der Waals surface area contributed by atoms with Crippen LogP contribution in [0, 0.1) is 6.92 Å². The van der Waals surface area contributed by atoms with Crippen molar-refractivity contribution >= 4 is 0 Å². The van der Waals surface area contributed by atoms with Crippen molar-refractivity contribution in [3.63, 3.8) is 0 Å². The second-order valence-corrected chi connectivity index (χ2v) is 4.21. The number of benzene rings is 1. The number of alkyl halides is 7. The van der Waals surface area contributed by atoms with Gasteiger partial charge in [0.15, 0.2) is 0 Å². The van der Waals surface area contributed by atoms with E-state index >= 15 is 0 Å². The summed E-state index contributed by atoms with van der Waals surface area (Å²) in [7, 11) is 0. The first kappa shape index (κ1) is 15.8. The molecule has 108 valence electrons. The van der Waals surface area contributed by atoms with Crippen molar-refractivity contribution in [3.8, 4) is 0 Å². The molecule has 0 aliphatic heterocycles. The molecule has 0 aliphatic carbocycles. The van der Waals surface area contributed by atoms with E-state index in [1.807, 2.05) is 0 Å². The first-order valence-corrected chi connectivity index (χ1v) is 5.37. The summed E-state index contributed by atoms with van der Waals surface area (Å²) in [6, 6.07) is 2.59. The van der Waals surface area contributed by atoms with Crippen LogP contribution in [0.25, 0.3) is 0 Å². The van der Waals surface area contributed by atoms with Gasteiger partial charge in [0.1, 0.15) is 0 Å². The molecule has 1 aromatic carbocycles. The largest absolute Gasteiger partial charge is 0.435 e. The maximum absolute atomic E-state index is 13.8. The van der Waals surface area contributed by atoms with E-state index in [2.05, 4.69) is 0 Å². The van der Waals surface area contributed by atoms with Crippen LogP contribution in [0.5, 0.6) is 0 Å². The molecule has 0 N–H and O–H groups in total. The summed E-state index contributed by atoms with van der Waals surface area (Å²) < 4.78 is 89.1. The smallest absolute Gasteiger partial charge is 0.218 e. The molecule has 19 heavy (non-hydrogen) atoms. The second-order valence-electron chi connectivity index (χ2n) is 4.21. The predicted octanol–water partition coefficient (Wildman–Crippen LogP) is 4.85. The highest BCUT2D eigenvalue weighted by molar-refractivity contribution is 5.35. The van der Waals surface area contributed by atoms with Gasteiger partial charge in [-0.15, -0.1) is 0 Å². The van der Waals surface area contributed by atoms with Crippen LogP contribution >= 0.6 is 0 Å². The molecule has 0 radical (unpaired) electrons. The lowest BCUT2D eigenvalue weighted by Crippen LogP contribution is -2.50. The van der Waals surface area contributed by atoms with Crippen LogP contribution in [-0.2, 0) is 12.1 Å². The lowest BCUT2D eigenvalue weighted by molar-refractivity contribution is -0.348. The molecule has 0 heterocycles. The Morgan fingerprint density at radius 1 is 0.842 bits per heavy atom. The van der Waals surface area contributed by atoms with Gasteiger partial charge in [-0.1, -0.05) is 30.7 Å². The fourth-order valence-corrected chi connectivity index (χ4v) is 1.75. The lowest BCUT2D eigenvalue weighted by atomic mass is 9.91. The van der Waals surface area contributed by atoms with Crippen molar-refractivity contribution in [1.82, 2.24) is 0 Å². The van der Waals surface area contributed by atoms with Crippen molar-refractivity contribution < 1.29 is 30.7 Å². The Hall–Kier alpha value is -1.27. The minimum atomic E-state index is -6.07. The first-order valence-electron chi connectivity index (χ1n) is 5.37. The Labute approximate surface area is 105 Å². The highest BCUT2D eigenvalue weighted by Crippen LogP contribution is 2.53. The van der Waals surface area contributed by atoms with Gasteiger partial charge in [0.2, 0.25) is 0 Å². The molecule has 0 unspecified atom stereocenters. The minimum Gasteiger partial charge on any atom is -0.218 e. The van der Waals surface area contributed by atoms with Gasteiger partial charge in [-0.25, -0.2) is 4.39 Å². The topological polar surface area (TPSA) is 0 Å². The van der Waals surface area contributed by atoms with Gasteiger partial charge in [-0.2, -0.15) is 26.3 Å². The lowest BCUT2D eigenvalue weighted by Gasteiger charge is -2.30. The number of rotatable bonds is 2. The molecule has 0 aromatic heterocycles. The molecule has 0 amide bonds. The average molecular weight is 288 g/mol. The van der Waals surface area contributed by atoms with Crippen molar-refractivity contribution in [3.05, 3.63) is 34.9 Å². The molecular weight excluding hydrogens is 277 g/mol. The highest BCUT2D eigenvalue weighted by Gasteiger charge is 2.73. The quantitative estimate of drug-likeness (QED) is 0.683. The fourth-order valence-electron chi connectivity index (χ4n) is 1.75. The standard InChI is InChI=1S/C12H11F7/c1-3-8-4-7(2)5-9(6-8)10(13,11(14,15)16)12(17,18)19/h4-6H,3H2,1-2H3. The van der Waals surface area contributed by atoms with Crippen LogP contribution in [0.2, 0.25) is 0 Å². The fraction of sp³-hybridized carbons (Fsp3) is 0.500. The van der Waals surface area contributed by atoms with E-state index in [0.717, 1.165) is 0 Å². The Morgan fingerprint density at radius 3 is 1.68 bits per heavy atom. The van der Waals surface area contributed by atoms with Gasteiger partial charge in [-0.05, 0) is 18.9 Å². The van der Waals surface area contributed by atoms with Crippen molar-refractivity contribution in [1.29, 1.82) is 0 Å². The molecule has 7 heteroatoms. The molecule has 0 saturated heterocycles. The molecule has 0 nitrogen and oxygen atoms in total. The van der Waals surface area contributed by atoms with Crippen LogP contribution in [-0.4, -0.2) is 12.4 Å². The van der Waals surface area contributed by atoms with Crippen LogP contribution in [0.4, 0.5) is 30.7 Å². The summed E-state index contributed by atoms with van der Waals surface area (Å²) in [5, 5.41) is 0. The van der Waals surface area contributed by atoms with Crippen molar-refractivity contribution in [2.45, 2.75) is 38.3 Å². The van der Waals surface area contributed by atoms with E-state index in [0.29, 0.717) is 12.1 Å². The Morgan fingerprint density at radius 2 is 1.32 bits per heavy atom. The van der Waals surface area contributed by atoms with Gasteiger partial charge in [-0.3, -0.25) is 0 Å². The monoisotopic (exact) mass is 288 g/mol. The third-order valence-electron chi connectivity index (χ3n) is 2.72. The minimum absolute atomic E-state index is 0.143. The van der Waals surface area contributed by atoms with Gasteiger partial charge in [0, 0.05) is 5.56 Å². The van der Waals surface area contributed by atoms with E-state index in [1.54, 1.807) is 6.92 Å². The maximum Gasteiger partial charge on any atom is 0.435 e. The number of aryl methyl sites for hydroxylation is 2. The van der Waals surface area contributed by atoms with E-state index in [1.165, 1.54) is 13.0 Å². The average Bonchev–Trinajstić information content (AvgIpc) is 2.23. The Kier molecular flexibility index (Phi) is 3.89. The van der Waals surface area contributed by atoms with E-state index in [-0.39, 0.29) is 17.5 Å². The number of hydrogen-bond acceptors (Lipinski definition) is 0. The maximum atomic E-state index is 13.8. The molecule has 1 aromatic rings. The third kappa shape index (κ3) is 2.69. The zero-order valence-electron chi connectivity index (χ0n) is 10.1. The highest BCUT2D eigenvalue weighted by atomic mass is 19.4. The van der Waals surface area contributed by atoms with Crippen LogP contribution in [0.15, 0.2) is 18.2 Å². The van der Waals surface area contributed by atoms with Gasteiger partial charge in [0.05, 0.1) is 0 Å². The van der Waals surface area contributed by atoms with E-state index in [4.69, 9.17) is 0 Å². The van der Waals surface area contributed by atoms with Crippen LogP contribution in [0.3, 0.4) is 0 Å². The summed E-state index contributed by atoms with van der Waals surface area (Å²) in [4.78, 5) is 0.